The van der Waals surface area contributed by atoms with Crippen LogP contribution in [0.2, 0.25) is 0 Å². The molecular weight excluding hydrogens is 352 g/mol. The summed E-state index contributed by atoms with van der Waals surface area (Å²) in [7, 11) is 0. The monoisotopic (exact) mass is 366 g/mol. The van der Waals surface area contributed by atoms with Gasteiger partial charge in [-0.2, -0.15) is 71.8 Å². The van der Waals surface area contributed by atoms with Crippen LogP contribution in [0.5, 0.6) is 0 Å². The molecule has 0 N–H and O–H groups in total. The Kier molecular flexibility index (Phi) is 7.95. The number of aryl methyl sites for hydroxylation is 2. The predicted molar refractivity (Wildman–Crippen MR) is 60.0 cm³/mol. The molecule has 0 saturated carbocycles. The van der Waals surface area contributed by atoms with Crippen LogP contribution >= 0.6 is 0 Å². The summed E-state index contributed by atoms with van der Waals surface area (Å²) in [5.74, 6) is 0. The minimum absolute atomic E-state index is 0. The molecule has 2 aromatic rings. The summed E-state index contributed by atoms with van der Waals surface area (Å²) in [5, 5.41) is 0. The molecular formula is C14H14W. The first-order chi connectivity index (χ1) is 6.79. The molecule has 2 rings (SSSR count). The molecule has 2 aromatic carbocycles. The molecule has 0 unspecified atom stereocenters. The molecule has 0 aliphatic heterocycles. The van der Waals surface area contributed by atoms with Gasteiger partial charge in [-0.15, -0.1) is 0 Å². The molecule has 0 aromatic heterocycles. The van der Waals surface area contributed by atoms with Crippen molar-refractivity contribution >= 4 is 0 Å². The second-order valence-corrected chi connectivity index (χ2v) is 3.16. The molecule has 15 heavy (non-hydrogen) atoms. The van der Waals surface area contributed by atoms with Crippen LogP contribution in [0, 0.1) is 26.0 Å². The van der Waals surface area contributed by atoms with Crippen molar-refractivity contribution in [1.29, 1.82) is 0 Å². The van der Waals surface area contributed by atoms with Gasteiger partial charge in [0.15, 0.2) is 0 Å². The van der Waals surface area contributed by atoms with E-state index >= 15 is 0 Å². The molecule has 0 bridgehead atoms. The predicted octanol–water partition coefficient (Wildman–Crippen LogP) is 3.59. The minimum Gasteiger partial charge on any atom is -0.184 e. The number of rotatable bonds is 0. The van der Waals surface area contributed by atoms with Gasteiger partial charge in [-0.05, 0) is 0 Å². The maximum atomic E-state index is 2.96. The van der Waals surface area contributed by atoms with Crippen molar-refractivity contribution in [3.8, 4) is 0 Å². The standard InChI is InChI=1S/2C7H7.W/c2*1-7-5-3-2-4-6-7;/h2*2-3,5-6H,1H3;/q2*-1;+2. The summed E-state index contributed by atoms with van der Waals surface area (Å²) in [4.78, 5) is 0. The zero-order chi connectivity index (χ0) is 10.2. The van der Waals surface area contributed by atoms with Crippen LogP contribution in [0.3, 0.4) is 0 Å². The third kappa shape index (κ3) is 7.10. The Hall–Kier alpha value is -0.872. The Labute approximate surface area is 107 Å². The summed E-state index contributed by atoms with van der Waals surface area (Å²) >= 11 is 0. The van der Waals surface area contributed by atoms with Crippen LogP contribution in [0.4, 0.5) is 0 Å². The molecule has 0 heterocycles. The van der Waals surface area contributed by atoms with Crippen molar-refractivity contribution < 1.29 is 21.1 Å². The van der Waals surface area contributed by atoms with Crippen molar-refractivity contribution in [3.05, 3.63) is 71.8 Å². The van der Waals surface area contributed by atoms with Gasteiger partial charge in [0.1, 0.15) is 0 Å². The van der Waals surface area contributed by atoms with Gasteiger partial charge in [-0.1, -0.05) is 13.8 Å². The number of hydrogen-bond acceptors (Lipinski definition) is 0. The van der Waals surface area contributed by atoms with E-state index in [4.69, 9.17) is 0 Å². The molecule has 0 radical (unpaired) electrons. The maximum absolute atomic E-state index is 2.96. The van der Waals surface area contributed by atoms with Crippen LogP contribution in [0.15, 0.2) is 48.5 Å². The van der Waals surface area contributed by atoms with Crippen molar-refractivity contribution in [2.24, 2.45) is 0 Å². The van der Waals surface area contributed by atoms with Gasteiger partial charge in [0.2, 0.25) is 0 Å². The third-order valence-corrected chi connectivity index (χ3v) is 1.73. The largest absolute Gasteiger partial charge is 2.00 e. The number of hydrogen-bond donors (Lipinski definition) is 0. The topological polar surface area (TPSA) is 0 Å². The van der Waals surface area contributed by atoms with Crippen molar-refractivity contribution in [2.75, 3.05) is 0 Å². The molecule has 0 amide bonds. The Balaban J connectivity index is 0.000000245. The van der Waals surface area contributed by atoms with E-state index in [2.05, 4.69) is 38.1 Å². The van der Waals surface area contributed by atoms with E-state index < -0.39 is 0 Å². The fourth-order valence-corrected chi connectivity index (χ4v) is 0.966. The first-order valence-electron chi connectivity index (χ1n) is 4.64. The molecule has 0 saturated heterocycles. The van der Waals surface area contributed by atoms with Crippen molar-refractivity contribution in [3.63, 3.8) is 0 Å². The van der Waals surface area contributed by atoms with Crippen LogP contribution in [-0.2, 0) is 21.1 Å². The minimum atomic E-state index is 0. The zero-order valence-corrected chi connectivity index (χ0v) is 12.0. The zero-order valence-electron chi connectivity index (χ0n) is 9.03. The van der Waals surface area contributed by atoms with Gasteiger partial charge in [0, 0.05) is 0 Å². The third-order valence-electron chi connectivity index (χ3n) is 1.73. The second kappa shape index (κ2) is 8.44. The van der Waals surface area contributed by atoms with Gasteiger partial charge < -0.3 is 0 Å². The Morgan fingerprint density at radius 3 is 1.33 bits per heavy atom. The van der Waals surface area contributed by atoms with Crippen LogP contribution in [-0.4, -0.2) is 0 Å². The number of benzene rings is 2. The van der Waals surface area contributed by atoms with E-state index in [0.717, 1.165) is 0 Å². The van der Waals surface area contributed by atoms with Gasteiger partial charge in [-0.3, -0.25) is 0 Å². The molecule has 0 spiro atoms. The van der Waals surface area contributed by atoms with Gasteiger partial charge in [0.25, 0.3) is 0 Å². The maximum Gasteiger partial charge on any atom is 2.00 e. The summed E-state index contributed by atoms with van der Waals surface area (Å²) < 4.78 is 0. The van der Waals surface area contributed by atoms with Gasteiger partial charge in [0.05, 0.1) is 0 Å². The van der Waals surface area contributed by atoms with Gasteiger partial charge in [-0.25, -0.2) is 0 Å². The molecule has 0 fully saturated rings. The van der Waals surface area contributed by atoms with E-state index in [1.807, 2.05) is 36.4 Å². The second-order valence-electron chi connectivity index (χ2n) is 3.16. The normalized spacial score (nSPS) is 8.13. The average molecular weight is 366 g/mol. The van der Waals surface area contributed by atoms with E-state index in [1.54, 1.807) is 0 Å². The van der Waals surface area contributed by atoms with E-state index in [9.17, 15) is 0 Å². The summed E-state index contributed by atoms with van der Waals surface area (Å²) in [6.07, 6.45) is 0. The smallest absolute Gasteiger partial charge is 0.184 e. The fraction of sp³-hybridized carbons (Fsp3) is 0.143. The quantitative estimate of drug-likeness (QED) is 0.626. The Morgan fingerprint density at radius 1 is 0.800 bits per heavy atom. The summed E-state index contributed by atoms with van der Waals surface area (Å²) in [6.45, 7) is 4.10. The summed E-state index contributed by atoms with van der Waals surface area (Å²) in [6, 6.07) is 21.7. The molecule has 0 aliphatic carbocycles. The van der Waals surface area contributed by atoms with Crippen molar-refractivity contribution in [1.82, 2.24) is 0 Å². The van der Waals surface area contributed by atoms with Crippen LogP contribution in [0.25, 0.3) is 0 Å². The Bertz CT molecular complexity index is 303. The van der Waals surface area contributed by atoms with E-state index in [-0.39, 0.29) is 21.1 Å². The Morgan fingerprint density at radius 2 is 1.20 bits per heavy atom. The summed E-state index contributed by atoms with van der Waals surface area (Å²) in [5.41, 5.74) is 2.53. The van der Waals surface area contributed by atoms with Crippen LogP contribution in [0.1, 0.15) is 11.1 Å². The SMILES string of the molecule is Cc1c[c-]ccc1.Cc1c[c-]ccc1.[W+2]. The van der Waals surface area contributed by atoms with E-state index in [1.165, 1.54) is 11.1 Å². The first kappa shape index (κ1) is 14.1. The molecule has 76 valence electrons. The average Bonchev–Trinajstić information content (AvgIpc) is 2.21. The molecule has 1 heteroatoms. The van der Waals surface area contributed by atoms with Gasteiger partial charge >= 0.3 is 21.1 Å². The van der Waals surface area contributed by atoms with Crippen molar-refractivity contribution in [2.45, 2.75) is 13.8 Å². The van der Waals surface area contributed by atoms with E-state index in [0.29, 0.717) is 0 Å². The van der Waals surface area contributed by atoms with Crippen LogP contribution < -0.4 is 0 Å². The molecule has 0 nitrogen and oxygen atoms in total. The fourth-order valence-electron chi connectivity index (χ4n) is 0.966. The molecule has 0 aliphatic rings. The first-order valence-corrected chi connectivity index (χ1v) is 4.64. The molecule has 0 atom stereocenters.